The Balaban J connectivity index is 1.46. The van der Waals surface area contributed by atoms with Crippen LogP contribution >= 0.6 is 11.6 Å². The Morgan fingerprint density at radius 1 is 0.848 bits per heavy atom. The van der Waals surface area contributed by atoms with Gasteiger partial charge in [-0.3, -0.25) is 9.59 Å². The predicted molar refractivity (Wildman–Crippen MR) is 192 cm³/mol. The fourth-order valence-electron chi connectivity index (χ4n) is 7.39. The largest absolute Gasteiger partial charge is 0.458 e. The molecule has 0 aromatic rings. The van der Waals surface area contributed by atoms with Gasteiger partial charge in [0.15, 0.2) is 5.78 Å². The van der Waals surface area contributed by atoms with E-state index >= 15 is 0 Å². The van der Waals surface area contributed by atoms with Crippen LogP contribution in [0, 0.1) is 17.3 Å². The van der Waals surface area contributed by atoms with Crippen LogP contribution in [0.2, 0.25) is 0 Å². The maximum Gasteiger partial charge on any atom is 0.306 e. The van der Waals surface area contributed by atoms with E-state index in [1.54, 1.807) is 0 Å². The third-order valence-corrected chi connectivity index (χ3v) is 11.4. The van der Waals surface area contributed by atoms with Crippen molar-refractivity contribution in [3.8, 4) is 0 Å². The quantitative estimate of drug-likeness (QED) is 0.0376. The van der Waals surface area contributed by atoms with Gasteiger partial charge < -0.3 is 14.9 Å². The number of ketones is 1. The van der Waals surface area contributed by atoms with Gasteiger partial charge >= 0.3 is 5.97 Å². The van der Waals surface area contributed by atoms with Crippen LogP contribution in [0.5, 0.6) is 0 Å². The van der Waals surface area contributed by atoms with Crippen molar-refractivity contribution in [3.63, 3.8) is 0 Å². The Labute approximate surface area is 287 Å². The summed E-state index contributed by atoms with van der Waals surface area (Å²) in [6.07, 6.45) is 34.3. The highest BCUT2D eigenvalue weighted by Crippen LogP contribution is 2.48. The predicted octanol–water partition coefficient (Wildman–Crippen LogP) is 10.6. The second kappa shape index (κ2) is 24.9. The number of aliphatic hydroxyl groups excluding tert-OH is 2. The van der Waals surface area contributed by atoms with Gasteiger partial charge in [0.25, 0.3) is 0 Å². The van der Waals surface area contributed by atoms with Crippen LogP contribution < -0.4 is 0 Å². The highest BCUT2D eigenvalue weighted by atomic mass is 35.5. The topological polar surface area (TPSA) is 83.8 Å². The van der Waals surface area contributed by atoms with Gasteiger partial charge in [0.1, 0.15) is 6.61 Å². The number of unbranched alkanes of at least 4 members (excludes halogenated alkanes) is 14. The monoisotopic (exact) mass is 664 g/mol. The lowest BCUT2D eigenvalue weighted by atomic mass is 9.63. The number of carbonyl (C=O) groups excluding carboxylic acids is 2. The van der Waals surface area contributed by atoms with Gasteiger partial charge in [-0.15, -0.1) is 11.6 Å². The average Bonchev–Trinajstić information content (AvgIpc) is 3.28. The van der Waals surface area contributed by atoms with Crippen molar-refractivity contribution in [1.82, 2.24) is 0 Å². The fourth-order valence-corrected chi connectivity index (χ4v) is 7.84. The molecule has 0 aromatic carbocycles. The summed E-state index contributed by atoms with van der Waals surface area (Å²) in [4.78, 5) is 24.2. The first-order valence-electron chi connectivity index (χ1n) is 19.3. The van der Waals surface area contributed by atoms with Crippen LogP contribution in [-0.2, 0) is 14.3 Å². The van der Waals surface area contributed by atoms with Gasteiger partial charge in [0.05, 0.1) is 12.2 Å². The van der Waals surface area contributed by atoms with Gasteiger partial charge in [-0.25, -0.2) is 0 Å². The van der Waals surface area contributed by atoms with Crippen molar-refractivity contribution in [3.05, 3.63) is 24.3 Å². The SMILES string of the molecule is CCCCCCCCCCCCCCCCC(=O)COC(=O)CCC/C=C\C[C@@H]1[C@@H](/C=C/C[C@H](O)C2(CC)CCC2)[C@H](O)C[C@H]1Cl. The highest BCUT2D eigenvalue weighted by Gasteiger charge is 2.42. The molecule has 2 rings (SSSR count). The number of aliphatic hydroxyl groups is 2. The molecule has 0 aliphatic heterocycles. The Hall–Kier alpha value is -1.17. The standard InChI is InChI=1S/C40H69ClO5/c1-3-5-6-7-8-9-10-11-12-13-14-15-16-19-24-33(42)32-46-39(45)28-21-18-17-20-25-34-35(37(43)31-36(34)41)26-22-27-38(44)40(4-2)29-23-30-40/h17,20,22,26,34-38,43-44H,3-16,18-19,21,23-25,27-32H2,1-2H3/b20-17-,26-22+/t34-,35-,36-,37-,38+/m1/s1. The first-order chi connectivity index (χ1) is 22.3. The van der Waals surface area contributed by atoms with Crippen molar-refractivity contribution < 1.29 is 24.5 Å². The van der Waals surface area contributed by atoms with Gasteiger partial charge in [-0.2, -0.15) is 0 Å². The maximum absolute atomic E-state index is 12.1. The van der Waals surface area contributed by atoms with E-state index in [1.807, 2.05) is 0 Å². The summed E-state index contributed by atoms with van der Waals surface area (Å²) in [6.45, 7) is 4.33. The van der Waals surface area contributed by atoms with E-state index in [4.69, 9.17) is 16.3 Å². The lowest BCUT2D eigenvalue weighted by Crippen LogP contribution is -2.40. The molecule has 0 unspecified atom stereocenters. The molecule has 0 saturated heterocycles. The molecule has 2 saturated carbocycles. The van der Waals surface area contributed by atoms with Gasteiger partial charge in [-0.1, -0.05) is 128 Å². The molecule has 0 spiro atoms. The minimum absolute atomic E-state index is 0.00429. The number of alkyl halides is 1. The van der Waals surface area contributed by atoms with Gasteiger partial charge in [0, 0.05) is 24.1 Å². The molecule has 266 valence electrons. The van der Waals surface area contributed by atoms with Crippen LogP contribution in [0.15, 0.2) is 24.3 Å². The molecule has 5 atom stereocenters. The molecule has 0 amide bonds. The number of esters is 1. The summed E-state index contributed by atoms with van der Waals surface area (Å²) < 4.78 is 5.21. The van der Waals surface area contributed by atoms with Crippen LogP contribution in [0.25, 0.3) is 0 Å². The van der Waals surface area contributed by atoms with Crippen molar-refractivity contribution >= 4 is 23.4 Å². The normalized spacial score (nSPS) is 23.2. The van der Waals surface area contributed by atoms with Crippen molar-refractivity contribution in [2.45, 2.75) is 192 Å². The van der Waals surface area contributed by atoms with Crippen LogP contribution in [0.1, 0.15) is 174 Å². The number of rotatable bonds is 28. The number of allylic oxidation sites excluding steroid dienone is 2. The molecule has 2 aliphatic rings. The van der Waals surface area contributed by atoms with E-state index in [-0.39, 0.29) is 47.1 Å². The minimum Gasteiger partial charge on any atom is -0.458 e. The number of carbonyl (C=O) groups is 2. The number of hydrogen-bond acceptors (Lipinski definition) is 5. The Bertz CT molecular complexity index is 860. The van der Waals surface area contributed by atoms with Crippen molar-refractivity contribution in [1.29, 1.82) is 0 Å². The van der Waals surface area contributed by atoms with Crippen LogP contribution in [0.3, 0.4) is 0 Å². The Morgan fingerprint density at radius 2 is 1.46 bits per heavy atom. The van der Waals surface area contributed by atoms with E-state index in [0.29, 0.717) is 32.1 Å². The highest BCUT2D eigenvalue weighted by molar-refractivity contribution is 6.21. The lowest BCUT2D eigenvalue weighted by Gasteiger charge is -2.45. The Morgan fingerprint density at radius 3 is 2.02 bits per heavy atom. The van der Waals surface area contributed by atoms with Crippen molar-refractivity contribution in [2.75, 3.05) is 6.61 Å². The average molecular weight is 665 g/mol. The summed E-state index contributed by atoms with van der Waals surface area (Å²) >= 11 is 6.61. The maximum atomic E-state index is 12.1. The molecular weight excluding hydrogens is 596 g/mol. The third-order valence-electron chi connectivity index (χ3n) is 10.9. The molecule has 2 N–H and O–H groups in total. The summed E-state index contributed by atoms with van der Waals surface area (Å²) in [5.74, 6) is -0.134. The molecule has 0 aromatic heterocycles. The van der Waals surface area contributed by atoms with E-state index in [9.17, 15) is 19.8 Å². The molecular formula is C40H69ClO5. The first kappa shape index (κ1) is 41.0. The smallest absolute Gasteiger partial charge is 0.306 e. The van der Waals surface area contributed by atoms with Gasteiger partial charge in [-0.05, 0) is 69.1 Å². The van der Waals surface area contributed by atoms with E-state index < -0.39 is 6.10 Å². The summed E-state index contributed by atoms with van der Waals surface area (Å²) in [6, 6.07) is 0. The molecule has 6 heteroatoms. The van der Waals surface area contributed by atoms with Crippen LogP contribution in [-0.4, -0.2) is 46.2 Å². The van der Waals surface area contributed by atoms with E-state index in [0.717, 1.165) is 44.9 Å². The number of halogens is 1. The molecule has 0 bridgehead atoms. The second-order valence-corrected chi connectivity index (χ2v) is 15.0. The number of ether oxygens (including phenoxy) is 1. The minimum atomic E-state index is -0.454. The molecule has 46 heavy (non-hydrogen) atoms. The van der Waals surface area contributed by atoms with E-state index in [1.165, 1.54) is 83.5 Å². The molecule has 0 radical (unpaired) electrons. The van der Waals surface area contributed by atoms with Gasteiger partial charge in [0.2, 0.25) is 0 Å². The summed E-state index contributed by atoms with van der Waals surface area (Å²) in [5.41, 5.74) is 0.0866. The summed E-state index contributed by atoms with van der Waals surface area (Å²) in [5, 5.41) is 21.2. The molecule has 0 heterocycles. The lowest BCUT2D eigenvalue weighted by molar-refractivity contribution is -0.148. The third kappa shape index (κ3) is 16.3. The zero-order valence-corrected chi connectivity index (χ0v) is 30.3. The van der Waals surface area contributed by atoms with E-state index in [2.05, 4.69) is 38.2 Å². The molecule has 2 fully saturated rings. The van der Waals surface area contributed by atoms with Crippen LogP contribution in [0.4, 0.5) is 0 Å². The molecule has 2 aliphatic carbocycles. The Kier molecular flexibility index (Phi) is 22.2. The zero-order valence-electron chi connectivity index (χ0n) is 29.6. The summed E-state index contributed by atoms with van der Waals surface area (Å²) in [7, 11) is 0. The fraction of sp³-hybridized carbons (Fsp3) is 0.850. The zero-order chi connectivity index (χ0) is 33.5. The number of Topliss-reactive ketones (excluding diaryl/α,β-unsaturated/α-hetero) is 1. The molecule has 5 nitrogen and oxygen atoms in total. The van der Waals surface area contributed by atoms with Crippen molar-refractivity contribution in [2.24, 2.45) is 17.3 Å². The second-order valence-electron chi connectivity index (χ2n) is 14.5. The number of hydrogen-bond donors (Lipinski definition) is 2. The first-order valence-corrected chi connectivity index (χ1v) is 19.8.